The molecule has 5 nitrogen and oxygen atoms in total. The Bertz CT molecular complexity index is 762. The third-order valence-corrected chi connectivity index (χ3v) is 4.37. The van der Waals surface area contributed by atoms with E-state index in [0.717, 1.165) is 32.4 Å². The van der Waals surface area contributed by atoms with Gasteiger partial charge in [0.25, 0.3) is 5.91 Å². The van der Waals surface area contributed by atoms with Crippen molar-refractivity contribution in [3.05, 3.63) is 33.8 Å². The molecule has 0 radical (unpaired) electrons. The lowest BCUT2D eigenvalue weighted by molar-refractivity contribution is 0.103. The Kier molecular flexibility index (Phi) is 3.00. The summed E-state index contributed by atoms with van der Waals surface area (Å²) in [6.45, 7) is 3.74. The smallest absolute Gasteiger partial charge is 0.269 e. The summed E-state index contributed by atoms with van der Waals surface area (Å²) in [5, 5.41) is 7.70. The average molecular weight is 290 g/mol. The predicted octanol–water partition coefficient (Wildman–Crippen LogP) is 3.02. The van der Waals surface area contributed by atoms with Crippen molar-refractivity contribution in [1.29, 1.82) is 0 Å². The van der Waals surface area contributed by atoms with Crippen molar-refractivity contribution < 1.29 is 4.79 Å². The Hall–Kier alpha value is -1.86. The van der Waals surface area contributed by atoms with Crippen LogP contribution in [0.3, 0.4) is 0 Å². The summed E-state index contributed by atoms with van der Waals surface area (Å²) >= 11 is 2.71. The third kappa shape index (κ3) is 2.34. The van der Waals surface area contributed by atoms with Crippen LogP contribution in [0, 0.1) is 13.8 Å². The highest BCUT2D eigenvalue weighted by Crippen LogP contribution is 2.25. The molecule has 1 N–H and O–H groups in total. The minimum absolute atomic E-state index is 0.173. The monoisotopic (exact) mass is 290 g/mol. The highest BCUT2D eigenvalue weighted by atomic mass is 32.1. The number of carbonyl (C=O) groups is 1. The maximum absolute atomic E-state index is 12.0. The van der Waals surface area contributed by atoms with E-state index < -0.39 is 0 Å². The van der Waals surface area contributed by atoms with Gasteiger partial charge in [0.1, 0.15) is 4.88 Å². The van der Waals surface area contributed by atoms with Gasteiger partial charge in [0, 0.05) is 5.69 Å². The van der Waals surface area contributed by atoms with Gasteiger partial charge in [0.15, 0.2) is 0 Å². The van der Waals surface area contributed by atoms with Crippen molar-refractivity contribution in [1.82, 2.24) is 14.6 Å². The number of hydrogen-bond acceptors (Lipinski definition) is 6. The number of nitrogens with one attached hydrogen (secondary N) is 1. The third-order valence-electron chi connectivity index (χ3n) is 2.61. The van der Waals surface area contributed by atoms with Crippen LogP contribution in [-0.4, -0.2) is 20.5 Å². The molecule has 3 aromatic rings. The fraction of sp³-hybridized carbons (Fsp3) is 0.167. The maximum atomic E-state index is 12.0. The number of rotatable bonds is 2. The molecule has 1 amide bonds. The van der Waals surface area contributed by atoms with E-state index in [0.29, 0.717) is 10.6 Å². The van der Waals surface area contributed by atoms with Gasteiger partial charge in [-0.1, -0.05) is 4.49 Å². The molecule has 7 heteroatoms. The topological polar surface area (TPSA) is 67.8 Å². The number of amides is 1. The van der Waals surface area contributed by atoms with Gasteiger partial charge in [-0.25, -0.2) is 4.98 Å². The molecule has 0 aliphatic heterocycles. The van der Waals surface area contributed by atoms with Crippen LogP contribution in [0.2, 0.25) is 0 Å². The van der Waals surface area contributed by atoms with E-state index in [1.54, 1.807) is 18.3 Å². The second-order valence-electron chi connectivity index (χ2n) is 4.06. The maximum Gasteiger partial charge on any atom is 0.269 e. The largest absolute Gasteiger partial charge is 0.321 e. The molecular weight excluding hydrogens is 280 g/mol. The average Bonchev–Trinajstić information content (AvgIpc) is 2.93. The molecule has 0 spiro atoms. The highest BCUT2D eigenvalue weighted by Gasteiger charge is 2.13. The van der Waals surface area contributed by atoms with Crippen LogP contribution in [-0.2, 0) is 0 Å². The Morgan fingerprint density at radius 3 is 2.89 bits per heavy atom. The van der Waals surface area contributed by atoms with Crippen LogP contribution >= 0.6 is 22.9 Å². The molecule has 0 fully saturated rings. The van der Waals surface area contributed by atoms with E-state index in [9.17, 15) is 4.79 Å². The van der Waals surface area contributed by atoms with Crippen molar-refractivity contribution in [2.75, 3.05) is 5.32 Å². The molecule has 0 aliphatic carbocycles. The Balaban J connectivity index is 1.89. The van der Waals surface area contributed by atoms with E-state index in [2.05, 4.69) is 19.9 Å². The van der Waals surface area contributed by atoms with E-state index in [-0.39, 0.29) is 5.91 Å². The molecule has 2 aromatic heterocycles. The van der Waals surface area contributed by atoms with Gasteiger partial charge in [-0.3, -0.25) is 4.79 Å². The summed E-state index contributed by atoms with van der Waals surface area (Å²) in [7, 11) is 0. The second-order valence-corrected chi connectivity index (χ2v) is 6.05. The molecule has 0 unspecified atom stereocenters. The fourth-order valence-electron chi connectivity index (χ4n) is 1.75. The van der Waals surface area contributed by atoms with Crippen LogP contribution in [0.5, 0.6) is 0 Å². The van der Waals surface area contributed by atoms with Gasteiger partial charge in [-0.15, -0.1) is 16.4 Å². The van der Waals surface area contributed by atoms with E-state index in [4.69, 9.17) is 0 Å². The first-order chi connectivity index (χ1) is 9.13. The minimum Gasteiger partial charge on any atom is -0.321 e. The molecule has 19 heavy (non-hydrogen) atoms. The van der Waals surface area contributed by atoms with E-state index >= 15 is 0 Å². The summed E-state index contributed by atoms with van der Waals surface area (Å²) in [6, 6.07) is 5.69. The number of fused-ring (bicyclic) bond motifs is 1. The number of carbonyl (C=O) groups excluding carboxylic acids is 1. The Morgan fingerprint density at radius 1 is 1.32 bits per heavy atom. The van der Waals surface area contributed by atoms with Gasteiger partial charge in [0.05, 0.1) is 20.9 Å². The second kappa shape index (κ2) is 4.67. The van der Waals surface area contributed by atoms with Crippen LogP contribution in [0.1, 0.15) is 20.4 Å². The SMILES string of the molecule is Cc1nc2ccc(NC(=O)c3snnc3C)cc2s1. The van der Waals surface area contributed by atoms with Gasteiger partial charge in [0.2, 0.25) is 0 Å². The first-order valence-electron chi connectivity index (χ1n) is 5.61. The number of aryl methyl sites for hydroxylation is 2. The summed E-state index contributed by atoms with van der Waals surface area (Å²) in [5.41, 5.74) is 2.36. The molecule has 96 valence electrons. The van der Waals surface area contributed by atoms with E-state index in [1.165, 1.54) is 0 Å². The summed E-state index contributed by atoms with van der Waals surface area (Å²) in [6.07, 6.45) is 0. The minimum atomic E-state index is -0.173. The number of aromatic nitrogens is 3. The fourth-order valence-corrected chi connectivity index (χ4v) is 3.16. The number of hydrogen-bond donors (Lipinski definition) is 1. The van der Waals surface area contributed by atoms with Gasteiger partial charge >= 0.3 is 0 Å². The zero-order valence-electron chi connectivity index (χ0n) is 10.3. The van der Waals surface area contributed by atoms with Crippen molar-refractivity contribution in [3.8, 4) is 0 Å². The van der Waals surface area contributed by atoms with Crippen molar-refractivity contribution in [2.45, 2.75) is 13.8 Å². The molecule has 2 heterocycles. The lowest BCUT2D eigenvalue weighted by atomic mass is 10.3. The molecule has 1 aromatic carbocycles. The van der Waals surface area contributed by atoms with Crippen molar-refractivity contribution >= 4 is 44.7 Å². The molecule has 0 aliphatic rings. The van der Waals surface area contributed by atoms with Crippen LogP contribution in [0.4, 0.5) is 5.69 Å². The highest BCUT2D eigenvalue weighted by molar-refractivity contribution is 7.18. The first-order valence-corrected chi connectivity index (χ1v) is 7.20. The zero-order chi connectivity index (χ0) is 13.4. The number of nitrogens with zero attached hydrogens (tertiary/aromatic N) is 3. The lowest BCUT2D eigenvalue weighted by Gasteiger charge is -2.03. The summed E-state index contributed by atoms with van der Waals surface area (Å²) < 4.78 is 4.82. The molecule has 0 bridgehead atoms. The normalized spacial score (nSPS) is 10.8. The molecule has 3 rings (SSSR count). The Labute approximate surface area is 117 Å². The predicted molar refractivity (Wildman–Crippen MR) is 77.0 cm³/mol. The van der Waals surface area contributed by atoms with Crippen molar-refractivity contribution in [3.63, 3.8) is 0 Å². The lowest BCUT2D eigenvalue weighted by Crippen LogP contribution is -2.11. The number of benzene rings is 1. The Morgan fingerprint density at radius 2 is 2.16 bits per heavy atom. The van der Waals surface area contributed by atoms with Crippen LogP contribution in [0.25, 0.3) is 10.2 Å². The van der Waals surface area contributed by atoms with Crippen molar-refractivity contribution in [2.24, 2.45) is 0 Å². The zero-order valence-corrected chi connectivity index (χ0v) is 11.9. The van der Waals surface area contributed by atoms with Gasteiger partial charge in [-0.2, -0.15) is 0 Å². The van der Waals surface area contributed by atoms with E-state index in [1.807, 2.05) is 25.1 Å². The molecule has 0 saturated carbocycles. The summed E-state index contributed by atoms with van der Waals surface area (Å²) in [4.78, 5) is 17.0. The van der Waals surface area contributed by atoms with Gasteiger partial charge in [-0.05, 0) is 43.6 Å². The van der Waals surface area contributed by atoms with Crippen LogP contribution in [0.15, 0.2) is 18.2 Å². The first kappa shape index (κ1) is 12.2. The summed E-state index contributed by atoms with van der Waals surface area (Å²) in [5.74, 6) is -0.173. The molecule has 0 saturated heterocycles. The quantitative estimate of drug-likeness (QED) is 0.787. The van der Waals surface area contributed by atoms with Gasteiger partial charge < -0.3 is 5.32 Å². The van der Waals surface area contributed by atoms with Crippen LogP contribution < -0.4 is 5.32 Å². The number of anilines is 1. The molecular formula is C12H10N4OS2. The molecule has 0 atom stereocenters. The standard InChI is InChI=1S/C12H10N4OS2/c1-6-11(19-16-15-6)12(17)14-8-3-4-9-10(5-8)18-7(2)13-9/h3-5H,1-2H3,(H,14,17). The number of thiazole rings is 1.